The van der Waals surface area contributed by atoms with Gasteiger partial charge in [0.2, 0.25) is 5.91 Å². The van der Waals surface area contributed by atoms with Crippen LogP contribution in [0.3, 0.4) is 0 Å². The summed E-state index contributed by atoms with van der Waals surface area (Å²) in [7, 11) is 0. The van der Waals surface area contributed by atoms with E-state index >= 15 is 0 Å². The van der Waals surface area contributed by atoms with Gasteiger partial charge in [0.1, 0.15) is 0 Å². The van der Waals surface area contributed by atoms with Gasteiger partial charge in [-0.15, -0.1) is 0 Å². The molecule has 2 saturated heterocycles. The number of morpholine rings is 1. The predicted octanol–water partition coefficient (Wildman–Crippen LogP) is 4.59. The molecule has 0 unspecified atom stereocenters. The Morgan fingerprint density at radius 1 is 1.05 bits per heavy atom. The van der Waals surface area contributed by atoms with Crippen LogP contribution in [0.2, 0.25) is 0 Å². The van der Waals surface area contributed by atoms with Crippen molar-refractivity contribution < 1.29 is 27.5 Å². The molecule has 0 spiro atoms. The first kappa shape index (κ1) is 28.6. The van der Waals surface area contributed by atoms with Gasteiger partial charge in [0.25, 0.3) is 5.91 Å². The minimum absolute atomic E-state index is 0.0871. The number of halogens is 3. The first-order chi connectivity index (χ1) is 19.6. The predicted molar refractivity (Wildman–Crippen MR) is 149 cm³/mol. The van der Waals surface area contributed by atoms with E-state index in [1.54, 1.807) is 18.3 Å². The van der Waals surface area contributed by atoms with Crippen molar-refractivity contribution in [3.8, 4) is 0 Å². The van der Waals surface area contributed by atoms with Gasteiger partial charge in [-0.1, -0.05) is 12.1 Å². The van der Waals surface area contributed by atoms with Crippen molar-refractivity contribution in [2.75, 3.05) is 49.6 Å². The molecule has 2 aromatic carbocycles. The maximum absolute atomic E-state index is 13.9. The summed E-state index contributed by atoms with van der Waals surface area (Å²) in [4.78, 5) is 32.9. The van der Waals surface area contributed by atoms with Crippen molar-refractivity contribution in [1.82, 2.24) is 9.88 Å². The van der Waals surface area contributed by atoms with E-state index in [-0.39, 0.29) is 23.7 Å². The van der Waals surface area contributed by atoms with Crippen LogP contribution >= 0.6 is 0 Å². The lowest BCUT2D eigenvalue weighted by Crippen LogP contribution is -2.36. The number of hydrogen-bond donors (Lipinski definition) is 2. The Hall–Kier alpha value is -3.96. The third-order valence-corrected chi connectivity index (χ3v) is 7.71. The fourth-order valence-electron chi connectivity index (χ4n) is 5.47. The second-order valence-corrected chi connectivity index (χ2v) is 10.5. The molecule has 11 heteroatoms. The van der Waals surface area contributed by atoms with Crippen LogP contribution in [0.5, 0.6) is 0 Å². The lowest BCUT2D eigenvalue weighted by molar-refractivity contribution is -0.138. The number of ether oxygens (including phenoxy) is 1. The lowest BCUT2D eigenvalue weighted by atomic mass is 9.92. The number of alkyl halides is 3. The number of nitrogens with two attached hydrogens (primary N) is 1. The van der Waals surface area contributed by atoms with E-state index in [0.29, 0.717) is 44.0 Å². The number of primary amides is 1. The van der Waals surface area contributed by atoms with E-state index < -0.39 is 23.6 Å². The SMILES string of the molecule is Cc1ccc(C(=O)Nc2ccc(CN3CCOCC3)c(C(F)(F)F)c2)cc1[C@@H]1CCN(c2cncc(C(N)=O)c2)C1. The molecule has 8 nitrogen and oxygen atoms in total. The summed E-state index contributed by atoms with van der Waals surface area (Å²) in [6.07, 6.45) is -0.611. The number of aryl methyl sites for hydroxylation is 1. The summed E-state index contributed by atoms with van der Waals surface area (Å²) in [5, 5.41) is 2.66. The van der Waals surface area contributed by atoms with Crippen molar-refractivity contribution in [3.05, 3.63) is 88.2 Å². The number of hydrogen-bond acceptors (Lipinski definition) is 6. The summed E-state index contributed by atoms with van der Waals surface area (Å²) in [5.41, 5.74) is 8.41. The lowest BCUT2D eigenvalue weighted by Gasteiger charge is -2.27. The highest BCUT2D eigenvalue weighted by Gasteiger charge is 2.34. The van der Waals surface area contributed by atoms with Crippen LogP contribution in [0.15, 0.2) is 54.9 Å². The highest BCUT2D eigenvalue weighted by molar-refractivity contribution is 6.04. The molecule has 0 saturated carbocycles. The standard InChI is InChI=1S/C30H32F3N5O3/c1-19-2-3-20(13-26(19)21-6-7-38(18-21)25-12-23(28(34)39)15-35-16-25)29(40)36-24-5-4-22(27(14-24)30(31,32)33)17-37-8-10-41-11-9-37/h2-5,12-16,21H,6-11,17-18H2,1H3,(H2,34,39)(H,36,40)/t21-/m1/s1. The van der Waals surface area contributed by atoms with Gasteiger partial charge in [0.15, 0.2) is 0 Å². The van der Waals surface area contributed by atoms with E-state index in [1.165, 1.54) is 18.3 Å². The Morgan fingerprint density at radius 3 is 2.56 bits per heavy atom. The molecule has 5 rings (SSSR count). The molecule has 2 aliphatic rings. The summed E-state index contributed by atoms with van der Waals surface area (Å²) in [6, 6.07) is 11.0. The van der Waals surface area contributed by atoms with Gasteiger partial charge in [-0.25, -0.2) is 0 Å². The van der Waals surface area contributed by atoms with Crippen molar-refractivity contribution in [1.29, 1.82) is 0 Å². The van der Waals surface area contributed by atoms with Crippen LogP contribution in [0.4, 0.5) is 24.5 Å². The smallest absolute Gasteiger partial charge is 0.379 e. The van der Waals surface area contributed by atoms with Crippen LogP contribution in [0, 0.1) is 6.92 Å². The molecule has 0 radical (unpaired) electrons. The number of carbonyl (C=O) groups excluding carboxylic acids is 2. The van der Waals surface area contributed by atoms with E-state index in [9.17, 15) is 22.8 Å². The molecule has 3 N–H and O–H groups in total. The minimum Gasteiger partial charge on any atom is -0.379 e. The number of nitrogens with one attached hydrogen (secondary N) is 1. The van der Waals surface area contributed by atoms with Gasteiger partial charge in [0, 0.05) is 56.1 Å². The number of carbonyl (C=O) groups is 2. The van der Waals surface area contributed by atoms with Crippen LogP contribution in [-0.2, 0) is 17.5 Å². The minimum atomic E-state index is -4.56. The Morgan fingerprint density at radius 2 is 1.83 bits per heavy atom. The second-order valence-electron chi connectivity index (χ2n) is 10.5. The first-order valence-corrected chi connectivity index (χ1v) is 13.5. The number of rotatable bonds is 7. The van der Waals surface area contributed by atoms with Gasteiger partial charge in [0.05, 0.1) is 36.2 Å². The Bertz CT molecular complexity index is 1440. The maximum atomic E-state index is 13.9. The second kappa shape index (κ2) is 11.9. The van der Waals surface area contributed by atoms with Crippen molar-refractivity contribution >= 4 is 23.2 Å². The van der Waals surface area contributed by atoms with Gasteiger partial charge in [-0.3, -0.25) is 19.5 Å². The van der Waals surface area contributed by atoms with Crippen molar-refractivity contribution in [3.63, 3.8) is 0 Å². The molecule has 3 aromatic rings. The number of aromatic nitrogens is 1. The van der Waals surface area contributed by atoms with Crippen LogP contribution in [0.25, 0.3) is 0 Å². The van der Waals surface area contributed by atoms with Crippen molar-refractivity contribution in [2.24, 2.45) is 5.73 Å². The molecule has 2 aliphatic heterocycles. The third kappa shape index (κ3) is 6.68. The zero-order chi connectivity index (χ0) is 29.1. The molecule has 0 bridgehead atoms. The van der Waals surface area contributed by atoms with Gasteiger partial charge < -0.3 is 20.7 Å². The average molecular weight is 568 g/mol. The van der Waals surface area contributed by atoms with Crippen LogP contribution < -0.4 is 16.0 Å². The van der Waals surface area contributed by atoms with E-state index in [1.807, 2.05) is 24.0 Å². The van der Waals surface area contributed by atoms with E-state index in [4.69, 9.17) is 10.5 Å². The molecule has 1 aromatic heterocycles. The molecule has 2 amide bonds. The summed E-state index contributed by atoms with van der Waals surface area (Å²) in [6.45, 7) is 5.66. The summed E-state index contributed by atoms with van der Waals surface area (Å²) < 4.78 is 47.1. The fraction of sp³-hybridized carbons (Fsp3) is 0.367. The van der Waals surface area contributed by atoms with Gasteiger partial charge in [-0.05, 0) is 60.4 Å². The fourth-order valence-corrected chi connectivity index (χ4v) is 5.47. The van der Waals surface area contributed by atoms with Crippen molar-refractivity contribution in [2.45, 2.75) is 32.0 Å². The van der Waals surface area contributed by atoms with E-state index in [0.717, 1.165) is 35.8 Å². The number of anilines is 2. The molecule has 1 atom stereocenters. The molecule has 2 fully saturated rings. The van der Waals surface area contributed by atoms with E-state index in [2.05, 4.69) is 15.2 Å². The third-order valence-electron chi connectivity index (χ3n) is 7.71. The number of pyridine rings is 1. The maximum Gasteiger partial charge on any atom is 0.416 e. The average Bonchev–Trinajstić information content (AvgIpc) is 3.44. The number of benzene rings is 2. The summed E-state index contributed by atoms with van der Waals surface area (Å²) in [5.74, 6) is -0.899. The Balaban J connectivity index is 1.31. The molecule has 41 heavy (non-hydrogen) atoms. The molecular formula is C30H32F3N5O3. The number of nitrogens with zero attached hydrogens (tertiary/aromatic N) is 3. The monoisotopic (exact) mass is 567 g/mol. The Kier molecular flexibility index (Phi) is 8.27. The van der Waals surface area contributed by atoms with Crippen LogP contribution in [-0.4, -0.2) is 61.1 Å². The molecule has 216 valence electrons. The van der Waals surface area contributed by atoms with Crippen LogP contribution in [0.1, 0.15) is 55.3 Å². The molecular weight excluding hydrogens is 535 g/mol. The highest BCUT2D eigenvalue weighted by atomic mass is 19.4. The summed E-state index contributed by atoms with van der Waals surface area (Å²) >= 11 is 0. The first-order valence-electron chi connectivity index (χ1n) is 13.5. The Labute approximate surface area is 236 Å². The topological polar surface area (TPSA) is 101 Å². The normalized spacial score (nSPS) is 18.0. The van der Waals surface area contributed by atoms with Gasteiger partial charge in [-0.2, -0.15) is 13.2 Å². The van der Waals surface area contributed by atoms with Gasteiger partial charge >= 0.3 is 6.18 Å². The zero-order valence-electron chi connectivity index (χ0n) is 22.7. The highest BCUT2D eigenvalue weighted by Crippen LogP contribution is 2.36. The quantitative estimate of drug-likeness (QED) is 0.434. The molecule has 0 aliphatic carbocycles. The number of amides is 2. The zero-order valence-corrected chi connectivity index (χ0v) is 22.7. The largest absolute Gasteiger partial charge is 0.416 e. The molecule has 3 heterocycles.